The highest BCUT2D eigenvalue weighted by Gasteiger charge is 2.45. The first-order valence-electron chi connectivity index (χ1n) is 12.5. The summed E-state index contributed by atoms with van der Waals surface area (Å²) >= 11 is 0. The monoisotopic (exact) mass is 473 g/mol. The van der Waals surface area contributed by atoms with Crippen molar-refractivity contribution in [2.45, 2.75) is 56.9 Å². The zero-order chi connectivity index (χ0) is 24.0. The molecule has 0 spiro atoms. The number of pyridine rings is 1. The van der Waals surface area contributed by atoms with E-state index >= 15 is 0 Å². The van der Waals surface area contributed by atoms with Crippen molar-refractivity contribution in [3.8, 4) is 11.4 Å². The second kappa shape index (κ2) is 10.8. The lowest BCUT2D eigenvalue weighted by atomic mass is 9.99. The molecule has 3 heterocycles. The Morgan fingerprint density at radius 2 is 1.91 bits per heavy atom. The van der Waals surface area contributed by atoms with E-state index in [0.29, 0.717) is 44.1 Å². The number of aromatic nitrogens is 3. The molecular weight excluding hydrogens is 442 g/mol. The van der Waals surface area contributed by atoms with Crippen molar-refractivity contribution in [1.29, 1.82) is 0 Å². The summed E-state index contributed by atoms with van der Waals surface area (Å²) in [4.78, 5) is 37.5. The first-order chi connectivity index (χ1) is 17.2. The molecule has 1 aliphatic carbocycles. The third kappa shape index (κ3) is 5.42. The number of hydrogen-bond acceptors (Lipinski definition) is 6. The van der Waals surface area contributed by atoms with Gasteiger partial charge in [0.1, 0.15) is 0 Å². The van der Waals surface area contributed by atoms with Gasteiger partial charge in [-0.1, -0.05) is 48.3 Å². The Labute approximate surface area is 205 Å². The summed E-state index contributed by atoms with van der Waals surface area (Å²) in [5.74, 6) is 0.718. The fourth-order valence-electron chi connectivity index (χ4n) is 5.31. The van der Waals surface area contributed by atoms with E-state index in [1.54, 1.807) is 12.4 Å². The molecule has 0 radical (unpaired) electrons. The van der Waals surface area contributed by atoms with Crippen LogP contribution in [-0.2, 0) is 16.0 Å². The van der Waals surface area contributed by atoms with Crippen LogP contribution >= 0.6 is 0 Å². The van der Waals surface area contributed by atoms with Crippen molar-refractivity contribution in [2.75, 3.05) is 13.1 Å². The van der Waals surface area contributed by atoms with Gasteiger partial charge in [0.15, 0.2) is 0 Å². The number of hydrogen-bond donors (Lipinski definition) is 1. The molecule has 0 bridgehead atoms. The highest BCUT2D eigenvalue weighted by molar-refractivity contribution is 5.83. The van der Waals surface area contributed by atoms with Crippen LogP contribution in [0.25, 0.3) is 11.4 Å². The Balaban J connectivity index is 1.40. The van der Waals surface area contributed by atoms with Crippen LogP contribution in [0, 0.1) is 5.92 Å². The van der Waals surface area contributed by atoms with E-state index in [4.69, 9.17) is 4.52 Å². The van der Waals surface area contributed by atoms with Gasteiger partial charge >= 0.3 is 0 Å². The average Bonchev–Trinajstić information content (AvgIpc) is 3.54. The minimum Gasteiger partial charge on any atom is -0.356 e. The van der Waals surface area contributed by atoms with Gasteiger partial charge in [0.25, 0.3) is 0 Å². The molecule has 1 N–H and O–H groups in total. The highest BCUT2D eigenvalue weighted by Crippen LogP contribution is 2.41. The van der Waals surface area contributed by atoms with Crippen LogP contribution in [-0.4, -0.2) is 51.0 Å². The summed E-state index contributed by atoms with van der Waals surface area (Å²) in [7, 11) is 0. The number of benzene rings is 1. The SMILES string of the molecule is O=C1NCCCCCCN(C(=O)Cc2ccccc2)C2CC(c3nc(-c4cccnc4)no3)CC12. The maximum absolute atomic E-state index is 13.5. The van der Waals surface area contributed by atoms with Gasteiger partial charge in [0.2, 0.25) is 23.5 Å². The number of carbonyl (C=O) groups excluding carboxylic acids is 2. The minimum absolute atomic E-state index is 0.0175. The largest absolute Gasteiger partial charge is 0.356 e. The Bertz CT molecular complexity index is 1130. The maximum Gasteiger partial charge on any atom is 0.230 e. The second-order valence-electron chi connectivity index (χ2n) is 9.49. The molecule has 1 saturated heterocycles. The number of nitrogens with one attached hydrogen (secondary N) is 1. The normalized spacial score (nSPS) is 23.3. The topological polar surface area (TPSA) is 101 Å². The van der Waals surface area contributed by atoms with Crippen molar-refractivity contribution in [2.24, 2.45) is 5.92 Å². The molecule has 8 heteroatoms. The van der Waals surface area contributed by atoms with E-state index in [9.17, 15) is 9.59 Å². The molecule has 1 saturated carbocycles. The van der Waals surface area contributed by atoms with Gasteiger partial charge in [-0.3, -0.25) is 14.6 Å². The van der Waals surface area contributed by atoms with Crippen LogP contribution in [0.4, 0.5) is 0 Å². The summed E-state index contributed by atoms with van der Waals surface area (Å²) < 4.78 is 5.64. The van der Waals surface area contributed by atoms with Crippen molar-refractivity contribution in [3.63, 3.8) is 0 Å². The Hall–Kier alpha value is -3.55. The molecule has 3 atom stereocenters. The first kappa shape index (κ1) is 23.2. The van der Waals surface area contributed by atoms with Crippen LogP contribution in [0.1, 0.15) is 55.9 Å². The third-order valence-corrected chi connectivity index (χ3v) is 7.12. The summed E-state index contributed by atoms with van der Waals surface area (Å²) in [5.41, 5.74) is 1.77. The molecule has 8 nitrogen and oxygen atoms in total. The lowest BCUT2D eigenvalue weighted by Crippen LogP contribution is -2.47. The Morgan fingerprint density at radius 3 is 2.74 bits per heavy atom. The highest BCUT2D eigenvalue weighted by atomic mass is 16.5. The fourth-order valence-corrected chi connectivity index (χ4v) is 5.31. The van der Waals surface area contributed by atoms with Crippen LogP contribution in [0.2, 0.25) is 0 Å². The van der Waals surface area contributed by atoms with Crippen molar-refractivity contribution < 1.29 is 14.1 Å². The number of amides is 2. The predicted octanol–water partition coefficient (Wildman–Crippen LogP) is 3.76. The van der Waals surface area contributed by atoms with Crippen LogP contribution in [0.15, 0.2) is 59.4 Å². The van der Waals surface area contributed by atoms with Crippen LogP contribution in [0.5, 0.6) is 0 Å². The van der Waals surface area contributed by atoms with Gasteiger partial charge in [0, 0.05) is 43.0 Å². The number of carbonyl (C=O) groups is 2. The van der Waals surface area contributed by atoms with Gasteiger partial charge in [-0.15, -0.1) is 0 Å². The van der Waals surface area contributed by atoms with Gasteiger partial charge in [0.05, 0.1) is 12.3 Å². The molecule has 2 amide bonds. The van der Waals surface area contributed by atoms with E-state index in [-0.39, 0.29) is 29.7 Å². The van der Waals surface area contributed by atoms with E-state index in [0.717, 1.165) is 36.8 Å². The standard InChI is InChI=1S/C27H31N5O3/c33-24(15-19-9-4-3-5-10-19)32-14-7-2-1-6-13-29-26(34)22-16-21(17-23(22)32)27-30-25(31-35-27)20-11-8-12-28-18-20/h3-5,8-12,18,21-23H,1-2,6-7,13-17H2,(H,29,34). The molecule has 2 aromatic heterocycles. The van der Waals surface area contributed by atoms with Crippen molar-refractivity contribution >= 4 is 11.8 Å². The molecule has 3 aromatic rings. The molecule has 3 unspecified atom stereocenters. The predicted molar refractivity (Wildman–Crippen MR) is 130 cm³/mol. The molecule has 1 aliphatic heterocycles. The van der Waals surface area contributed by atoms with Gasteiger partial charge in [-0.2, -0.15) is 4.98 Å². The van der Waals surface area contributed by atoms with E-state index in [1.165, 1.54) is 0 Å². The average molecular weight is 474 g/mol. The first-order valence-corrected chi connectivity index (χ1v) is 12.5. The molecule has 35 heavy (non-hydrogen) atoms. The maximum atomic E-state index is 13.5. The third-order valence-electron chi connectivity index (χ3n) is 7.12. The van der Waals surface area contributed by atoms with E-state index in [2.05, 4.69) is 20.4 Å². The van der Waals surface area contributed by atoms with Crippen molar-refractivity contribution in [1.82, 2.24) is 25.3 Å². The molecule has 5 rings (SSSR count). The molecule has 2 fully saturated rings. The molecular formula is C27H31N5O3. The van der Waals surface area contributed by atoms with Crippen LogP contribution < -0.4 is 5.32 Å². The Kier molecular flexibility index (Phi) is 7.16. The van der Waals surface area contributed by atoms with Gasteiger partial charge in [-0.05, 0) is 43.4 Å². The minimum atomic E-state index is -0.299. The van der Waals surface area contributed by atoms with Gasteiger partial charge < -0.3 is 14.7 Å². The Morgan fingerprint density at radius 1 is 1.06 bits per heavy atom. The second-order valence-corrected chi connectivity index (χ2v) is 9.49. The fraction of sp³-hybridized carbons (Fsp3) is 0.444. The zero-order valence-electron chi connectivity index (χ0n) is 19.8. The summed E-state index contributed by atoms with van der Waals surface area (Å²) in [6.07, 6.45) is 8.95. The summed E-state index contributed by atoms with van der Waals surface area (Å²) in [5, 5.41) is 7.26. The smallest absolute Gasteiger partial charge is 0.230 e. The zero-order valence-corrected chi connectivity index (χ0v) is 19.8. The van der Waals surface area contributed by atoms with Crippen molar-refractivity contribution in [3.05, 3.63) is 66.3 Å². The summed E-state index contributed by atoms with van der Waals surface area (Å²) in [6.45, 7) is 1.34. The van der Waals surface area contributed by atoms with Gasteiger partial charge in [-0.25, -0.2) is 0 Å². The van der Waals surface area contributed by atoms with Crippen LogP contribution in [0.3, 0.4) is 0 Å². The summed E-state index contributed by atoms with van der Waals surface area (Å²) in [6, 6.07) is 13.3. The number of rotatable bonds is 4. The lowest BCUT2D eigenvalue weighted by Gasteiger charge is -2.33. The molecule has 1 aromatic carbocycles. The van der Waals surface area contributed by atoms with E-state index in [1.807, 2.05) is 47.4 Å². The molecule has 182 valence electrons. The van der Waals surface area contributed by atoms with E-state index < -0.39 is 0 Å². The number of fused-ring (bicyclic) bond motifs is 1. The number of nitrogens with zero attached hydrogens (tertiary/aromatic N) is 4. The molecule has 2 aliphatic rings. The lowest BCUT2D eigenvalue weighted by molar-refractivity contribution is -0.136. The quantitative estimate of drug-likeness (QED) is 0.619.